The number of rotatable bonds is 8. The van der Waals surface area contributed by atoms with Crippen LogP contribution in [0.25, 0.3) is 10.6 Å². The van der Waals surface area contributed by atoms with Gasteiger partial charge in [0.1, 0.15) is 5.01 Å². The first-order valence-electron chi connectivity index (χ1n) is 13.1. The Balaban J connectivity index is 1.36. The molecule has 8 nitrogen and oxygen atoms in total. The normalized spacial score (nSPS) is 13.6. The Morgan fingerprint density at radius 2 is 1.70 bits per heavy atom. The first kappa shape index (κ1) is 27.6. The number of hydrogen-bond donors (Lipinski definition) is 2. The van der Waals surface area contributed by atoms with Crippen LogP contribution in [0.4, 0.5) is 22.9 Å². The van der Waals surface area contributed by atoms with Gasteiger partial charge in [-0.2, -0.15) is 0 Å². The predicted molar refractivity (Wildman–Crippen MR) is 162 cm³/mol. The van der Waals surface area contributed by atoms with Crippen molar-refractivity contribution in [3.63, 3.8) is 0 Å². The summed E-state index contributed by atoms with van der Waals surface area (Å²) in [5, 5.41) is 7.40. The molecule has 3 aromatic carbocycles. The van der Waals surface area contributed by atoms with Crippen molar-refractivity contribution < 1.29 is 14.3 Å². The van der Waals surface area contributed by atoms with Crippen molar-refractivity contribution >= 4 is 57.7 Å². The average molecular weight is 576 g/mol. The zero-order valence-corrected chi connectivity index (χ0v) is 23.9. The second kappa shape index (κ2) is 12.5. The molecule has 0 aliphatic carbocycles. The third kappa shape index (κ3) is 6.62. The zero-order chi connectivity index (χ0) is 28.1. The number of carbonyl (C=O) groups is 2. The number of carbonyl (C=O) groups excluding carboxylic acids is 2. The molecular formula is C30H30ClN5O3S. The van der Waals surface area contributed by atoms with Gasteiger partial charge in [0.25, 0.3) is 5.91 Å². The smallest absolute Gasteiger partial charge is 0.352 e. The molecule has 5 rings (SSSR count). The zero-order valence-electron chi connectivity index (χ0n) is 22.3. The molecule has 1 aliphatic heterocycles. The highest BCUT2D eigenvalue weighted by Crippen LogP contribution is 2.35. The van der Waals surface area contributed by atoms with E-state index in [2.05, 4.69) is 39.6 Å². The summed E-state index contributed by atoms with van der Waals surface area (Å²) >= 11 is 7.18. The van der Waals surface area contributed by atoms with E-state index in [0.717, 1.165) is 37.4 Å². The van der Waals surface area contributed by atoms with Crippen molar-refractivity contribution in [2.24, 2.45) is 0 Å². The first-order chi connectivity index (χ1) is 19.4. The van der Waals surface area contributed by atoms with Crippen LogP contribution in [-0.2, 0) is 4.74 Å². The molecule has 10 heteroatoms. The molecule has 0 atom stereocenters. The second-order valence-electron chi connectivity index (χ2n) is 9.42. The Morgan fingerprint density at radius 3 is 2.40 bits per heavy atom. The maximum atomic E-state index is 12.8. The van der Waals surface area contributed by atoms with Gasteiger partial charge in [0, 0.05) is 59.4 Å². The molecule has 0 radical (unpaired) electrons. The highest BCUT2D eigenvalue weighted by atomic mass is 35.5. The Bertz CT molecular complexity index is 1480. The summed E-state index contributed by atoms with van der Waals surface area (Å²) in [6.45, 7) is 6.09. The van der Waals surface area contributed by atoms with Crippen molar-refractivity contribution in [3.05, 3.63) is 88.3 Å². The third-order valence-corrected chi connectivity index (χ3v) is 7.90. The van der Waals surface area contributed by atoms with Gasteiger partial charge in [-0.25, -0.2) is 9.78 Å². The van der Waals surface area contributed by atoms with Crippen LogP contribution in [0.5, 0.6) is 0 Å². The van der Waals surface area contributed by atoms with Crippen molar-refractivity contribution in [1.82, 2.24) is 9.88 Å². The minimum atomic E-state index is -0.435. The van der Waals surface area contributed by atoms with Crippen molar-refractivity contribution in [2.75, 3.05) is 55.4 Å². The standard InChI is InChI=1S/C30H30ClN5O3S/c1-3-39-30(38)26-27(32-23-11-13-25(14-12-23)36-17-15-35(2)16-18-36)34-29(40-26)21-5-4-6-24(19-21)33-28(37)20-7-9-22(31)10-8-20/h4-14,19,32H,3,15-18H2,1-2H3,(H,33,37). The molecule has 1 aromatic heterocycles. The minimum Gasteiger partial charge on any atom is -0.462 e. The van der Waals surface area contributed by atoms with Gasteiger partial charge in [0.2, 0.25) is 0 Å². The largest absolute Gasteiger partial charge is 0.462 e. The summed E-state index contributed by atoms with van der Waals surface area (Å²) in [5.74, 6) is -0.251. The Hall–Kier alpha value is -3.92. The first-order valence-corrected chi connectivity index (χ1v) is 14.2. The number of amides is 1. The number of esters is 1. The summed E-state index contributed by atoms with van der Waals surface area (Å²) in [5.41, 5.74) is 3.87. The molecule has 1 amide bonds. The summed E-state index contributed by atoms with van der Waals surface area (Å²) in [7, 11) is 2.14. The molecule has 206 valence electrons. The molecule has 2 heterocycles. The summed E-state index contributed by atoms with van der Waals surface area (Å²) in [6, 6.07) is 22.2. The van der Waals surface area contributed by atoms with Crippen LogP contribution >= 0.6 is 22.9 Å². The van der Waals surface area contributed by atoms with Gasteiger partial charge in [-0.05, 0) is 74.6 Å². The SMILES string of the molecule is CCOC(=O)c1sc(-c2cccc(NC(=O)c3ccc(Cl)cc3)c2)nc1Nc1ccc(N2CCN(C)CC2)cc1. The fraction of sp³-hybridized carbons (Fsp3) is 0.233. The van der Waals surface area contributed by atoms with Crippen LogP contribution in [0.15, 0.2) is 72.8 Å². The summed E-state index contributed by atoms with van der Waals surface area (Å²) < 4.78 is 5.31. The highest BCUT2D eigenvalue weighted by molar-refractivity contribution is 7.17. The van der Waals surface area contributed by atoms with E-state index < -0.39 is 5.97 Å². The topological polar surface area (TPSA) is 86.8 Å². The maximum absolute atomic E-state index is 12.8. The van der Waals surface area contributed by atoms with Crippen molar-refractivity contribution in [3.8, 4) is 10.6 Å². The summed E-state index contributed by atoms with van der Waals surface area (Å²) in [6.07, 6.45) is 0. The van der Waals surface area contributed by atoms with Gasteiger partial charge in [0.15, 0.2) is 10.7 Å². The highest BCUT2D eigenvalue weighted by Gasteiger charge is 2.21. The number of likely N-dealkylation sites (N-methyl/N-ethyl adjacent to an activating group) is 1. The van der Waals surface area contributed by atoms with E-state index in [-0.39, 0.29) is 12.5 Å². The fourth-order valence-electron chi connectivity index (χ4n) is 4.35. The number of nitrogens with zero attached hydrogens (tertiary/aromatic N) is 3. The number of halogens is 1. The van der Waals surface area contributed by atoms with Gasteiger partial charge in [0.05, 0.1) is 6.61 Å². The molecule has 1 fully saturated rings. The molecule has 2 N–H and O–H groups in total. The van der Waals surface area contributed by atoms with E-state index >= 15 is 0 Å². The number of nitrogens with one attached hydrogen (secondary N) is 2. The molecule has 0 unspecified atom stereocenters. The van der Waals surface area contributed by atoms with Crippen LogP contribution < -0.4 is 15.5 Å². The fourth-order valence-corrected chi connectivity index (χ4v) is 5.39. The van der Waals surface area contributed by atoms with Crippen molar-refractivity contribution in [2.45, 2.75) is 6.92 Å². The van der Waals surface area contributed by atoms with Crippen LogP contribution in [0.2, 0.25) is 5.02 Å². The molecular weight excluding hydrogens is 546 g/mol. The Labute approximate surface area is 242 Å². The van der Waals surface area contributed by atoms with Crippen LogP contribution in [-0.4, -0.2) is 61.6 Å². The molecule has 4 aromatic rings. The van der Waals surface area contributed by atoms with E-state index in [1.165, 1.54) is 17.0 Å². The number of ether oxygens (including phenoxy) is 1. The van der Waals surface area contributed by atoms with E-state index in [1.54, 1.807) is 37.3 Å². The van der Waals surface area contributed by atoms with Gasteiger partial charge < -0.3 is 25.2 Å². The van der Waals surface area contributed by atoms with E-state index in [4.69, 9.17) is 21.3 Å². The van der Waals surface area contributed by atoms with Crippen LogP contribution in [0, 0.1) is 0 Å². The third-order valence-electron chi connectivity index (χ3n) is 6.56. The Morgan fingerprint density at radius 1 is 0.975 bits per heavy atom. The summed E-state index contributed by atoms with van der Waals surface area (Å²) in [4.78, 5) is 35.3. The lowest BCUT2D eigenvalue weighted by Crippen LogP contribution is -2.44. The maximum Gasteiger partial charge on any atom is 0.352 e. The molecule has 0 spiro atoms. The number of aromatic nitrogens is 1. The van der Waals surface area contributed by atoms with Gasteiger partial charge >= 0.3 is 5.97 Å². The second-order valence-corrected chi connectivity index (χ2v) is 10.9. The minimum absolute atomic E-state index is 0.248. The Kier molecular flexibility index (Phi) is 8.64. The van der Waals surface area contributed by atoms with E-state index in [9.17, 15) is 9.59 Å². The number of hydrogen-bond acceptors (Lipinski definition) is 8. The van der Waals surface area contributed by atoms with Crippen LogP contribution in [0.3, 0.4) is 0 Å². The lowest BCUT2D eigenvalue weighted by atomic mass is 10.2. The molecule has 40 heavy (non-hydrogen) atoms. The van der Waals surface area contributed by atoms with E-state index in [1.807, 2.05) is 30.3 Å². The predicted octanol–water partition coefficient (Wildman–Crippen LogP) is 6.39. The number of thiazole rings is 1. The lowest BCUT2D eigenvalue weighted by Gasteiger charge is -2.34. The quantitative estimate of drug-likeness (QED) is 0.235. The van der Waals surface area contributed by atoms with Gasteiger partial charge in [-0.15, -0.1) is 11.3 Å². The number of anilines is 4. The molecule has 0 bridgehead atoms. The monoisotopic (exact) mass is 575 g/mol. The average Bonchev–Trinajstić information content (AvgIpc) is 3.38. The molecule has 0 saturated carbocycles. The van der Waals surface area contributed by atoms with Gasteiger partial charge in [-0.3, -0.25) is 4.79 Å². The van der Waals surface area contributed by atoms with Gasteiger partial charge in [-0.1, -0.05) is 23.7 Å². The van der Waals surface area contributed by atoms with Crippen molar-refractivity contribution in [1.29, 1.82) is 0 Å². The number of piperazine rings is 1. The van der Waals surface area contributed by atoms with E-state index in [0.29, 0.717) is 32.0 Å². The number of benzene rings is 3. The lowest BCUT2D eigenvalue weighted by molar-refractivity contribution is 0.0533. The van der Waals surface area contributed by atoms with Crippen LogP contribution in [0.1, 0.15) is 27.0 Å². The molecule has 1 saturated heterocycles. The molecule has 1 aliphatic rings.